The summed E-state index contributed by atoms with van der Waals surface area (Å²) < 4.78 is 10.8. The first-order valence-corrected chi connectivity index (χ1v) is 10.1. The van der Waals surface area contributed by atoms with Gasteiger partial charge in [0.05, 0.1) is 18.3 Å². The SMILES string of the molecule is COCCOc1ccccc1NC(C)C(=O)NC(c1ccccc1)c1ccccc1. The first-order valence-electron chi connectivity index (χ1n) is 10.1. The maximum absolute atomic E-state index is 13.0. The summed E-state index contributed by atoms with van der Waals surface area (Å²) in [5.74, 6) is 0.594. The summed E-state index contributed by atoms with van der Waals surface area (Å²) in [5, 5.41) is 6.45. The minimum absolute atomic E-state index is 0.0978. The maximum atomic E-state index is 13.0. The summed E-state index contributed by atoms with van der Waals surface area (Å²) in [5.41, 5.74) is 2.84. The summed E-state index contributed by atoms with van der Waals surface area (Å²) in [4.78, 5) is 13.0. The Balaban J connectivity index is 1.72. The van der Waals surface area contributed by atoms with Crippen LogP contribution in [0.3, 0.4) is 0 Å². The first kappa shape index (κ1) is 21.4. The van der Waals surface area contributed by atoms with Crippen LogP contribution in [0.1, 0.15) is 24.1 Å². The number of anilines is 1. The highest BCUT2D eigenvalue weighted by molar-refractivity contribution is 5.85. The van der Waals surface area contributed by atoms with Crippen LogP contribution in [-0.2, 0) is 9.53 Å². The molecule has 2 N–H and O–H groups in total. The van der Waals surface area contributed by atoms with Crippen molar-refractivity contribution >= 4 is 11.6 Å². The lowest BCUT2D eigenvalue weighted by molar-refractivity contribution is -0.122. The molecule has 0 fully saturated rings. The molecule has 5 nitrogen and oxygen atoms in total. The zero-order chi connectivity index (χ0) is 21.2. The number of benzene rings is 3. The van der Waals surface area contributed by atoms with Gasteiger partial charge in [0.1, 0.15) is 18.4 Å². The maximum Gasteiger partial charge on any atom is 0.242 e. The standard InChI is InChI=1S/C25H28N2O3/c1-19(26-22-15-9-10-16-23(22)30-18-17-29-2)25(28)27-24(20-11-5-3-6-12-20)21-13-7-4-8-14-21/h3-16,19,24,26H,17-18H2,1-2H3,(H,27,28). The van der Waals surface area contributed by atoms with E-state index in [0.29, 0.717) is 19.0 Å². The molecule has 3 aromatic carbocycles. The van der Waals surface area contributed by atoms with Gasteiger partial charge in [0.2, 0.25) is 5.91 Å². The summed E-state index contributed by atoms with van der Waals surface area (Å²) in [6, 6.07) is 26.9. The van der Waals surface area contributed by atoms with Gasteiger partial charge in [-0.25, -0.2) is 0 Å². The number of carbonyl (C=O) groups excluding carboxylic acids is 1. The minimum Gasteiger partial charge on any atom is -0.489 e. The molecule has 1 atom stereocenters. The van der Waals surface area contributed by atoms with E-state index in [1.807, 2.05) is 91.9 Å². The van der Waals surface area contributed by atoms with Crippen LogP contribution in [0.25, 0.3) is 0 Å². The molecule has 1 unspecified atom stereocenters. The molecule has 0 aliphatic carbocycles. The van der Waals surface area contributed by atoms with E-state index in [1.165, 1.54) is 0 Å². The molecule has 0 saturated heterocycles. The molecule has 0 bridgehead atoms. The number of ether oxygens (including phenoxy) is 2. The normalized spacial score (nSPS) is 11.7. The van der Waals surface area contributed by atoms with E-state index >= 15 is 0 Å². The van der Waals surface area contributed by atoms with Crippen molar-refractivity contribution in [1.29, 1.82) is 0 Å². The molecule has 0 saturated carbocycles. The van der Waals surface area contributed by atoms with Gasteiger partial charge in [-0.2, -0.15) is 0 Å². The fourth-order valence-electron chi connectivity index (χ4n) is 3.16. The van der Waals surface area contributed by atoms with Crippen LogP contribution in [0.2, 0.25) is 0 Å². The molecule has 0 aliphatic rings. The van der Waals surface area contributed by atoms with E-state index in [9.17, 15) is 4.79 Å². The first-order chi connectivity index (χ1) is 14.7. The van der Waals surface area contributed by atoms with Gasteiger partial charge in [-0.3, -0.25) is 4.79 Å². The average Bonchev–Trinajstić information content (AvgIpc) is 2.79. The summed E-state index contributed by atoms with van der Waals surface area (Å²) in [7, 11) is 1.63. The van der Waals surface area contributed by atoms with Crippen molar-refractivity contribution in [3.8, 4) is 5.75 Å². The Morgan fingerprint density at radius 3 is 2.00 bits per heavy atom. The predicted octanol–water partition coefficient (Wildman–Crippen LogP) is 4.42. The number of methoxy groups -OCH3 is 1. The summed E-state index contributed by atoms with van der Waals surface area (Å²) >= 11 is 0. The van der Waals surface area contributed by atoms with Crippen LogP contribution in [0.15, 0.2) is 84.9 Å². The molecule has 5 heteroatoms. The molecule has 0 aromatic heterocycles. The smallest absolute Gasteiger partial charge is 0.242 e. The lowest BCUT2D eigenvalue weighted by atomic mass is 9.98. The van der Waals surface area contributed by atoms with Gasteiger partial charge >= 0.3 is 0 Å². The second-order valence-corrected chi connectivity index (χ2v) is 6.97. The average molecular weight is 405 g/mol. The zero-order valence-corrected chi connectivity index (χ0v) is 17.4. The van der Waals surface area contributed by atoms with E-state index in [2.05, 4.69) is 10.6 Å². The molecule has 3 rings (SSSR count). The molecule has 30 heavy (non-hydrogen) atoms. The number of nitrogens with one attached hydrogen (secondary N) is 2. The Hall–Kier alpha value is -3.31. The monoisotopic (exact) mass is 404 g/mol. The summed E-state index contributed by atoms with van der Waals surface area (Å²) in [6.45, 7) is 2.79. The molecular formula is C25H28N2O3. The zero-order valence-electron chi connectivity index (χ0n) is 17.4. The van der Waals surface area contributed by atoms with Gasteiger partial charge in [0.15, 0.2) is 0 Å². The molecule has 1 amide bonds. The number of para-hydroxylation sites is 2. The molecule has 156 valence electrons. The fraction of sp³-hybridized carbons (Fsp3) is 0.240. The van der Waals surface area contributed by atoms with Crippen molar-refractivity contribution in [2.75, 3.05) is 25.6 Å². The third-order valence-electron chi connectivity index (χ3n) is 4.75. The Labute approximate surface area is 178 Å². The Morgan fingerprint density at radius 1 is 0.833 bits per heavy atom. The molecule has 3 aromatic rings. The fourth-order valence-corrected chi connectivity index (χ4v) is 3.16. The minimum atomic E-state index is -0.452. The number of rotatable bonds is 10. The van der Waals surface area contributed by atoms with Crippen LogP contribution >= 0.6 is 0 Å². The van der Waals surface area contributed by atoms with Crippen molar-refractivity contribution in [1.82, 2.24) is 5.32 Å². The largest absolute Gasteiger partial charge is 0.489 e. The van der Waals surface area contributed by atoms with E-state index in [4.69, 9.17) is 9.47 Å². The number of carbonyl (C=O) groups is 1. The molecule has 0 aliphatic heterocycles. The Morgan fingerprint density at radius 2 is 1.40 bits per heavy atom. The topological polar surface area (TPSA) is 59.6 Å². The van der Waals surface area contributed by atoms with E-state index in [0.717, 1.165) is 16.8 Å². The van der Waals surface area contributed by atoms with Crippen molar-refractivity contribution in [2.45, 2.75) is 19.0 Å². The quantitative estimate of drug-likeness (QED) is 0.491. The van der Waals surface area contributed by atoms with Crippen molar-refractivity contribution in [3.05, 3.63) is 96.1 Å². The highest BCUT2D eigenvalue weighted by atomic mass is 16.5. The van der Waals surface area contributed by atoms with E-state index in [-0.39, 0.29) is 11.9 Å². The lowest BCUT2D eigenvalue weighted by Crippen LogP contribution is -2.40. The van der Waals surface area contributed by atoms with Crippen molar-refractivity contribution < 1.29 is 14.3 Å². The predicted molar refractivity (Wildman–Crippen MR) is 120 cm³/mol. The van der Waals surface area contributed by atoms with Crippen molar-refractivity contribution in [2.24, 2.45) is 0 Å². The van der Waals surface area contributed by atoms with Gasteiger partial charge < -0.3 is 20.1 Å². The van der Waals surface area contributed by atoms with Crippen LogP contribution < -0.4 is 15.4 Å². The highest BCUT2D eigenvalue weighted by Gasteiger charge is 2.21. The van der Waals surface area contributed by atoms with Gasteiger partial charge in [0.25, 0.3) is 0 Å². The Kier molecular flexibility index (Phi) is 7.86. The number of hydrogen-bond donors (Lipinski definition) is 2. The third kappa shape index (κ3) is 5.84. The van der Waals surface area contributed by atoms with Crippen LogP contribution in [-0.4, -0.2) is 32.3 Å². The van der Waals surface area contributed by atoms with E-state index in [1.54, 1.807) is 7.11 Å². The Bertz CT molecular complexity index is 876. The number of amides is 1. The molecule has 0 spiro atoms. The van der Waals surface area contributed by atoms with E-state index < -0.39 is 6.04 Å². The molecular weight excluding hydrogens is 376 g/mol. The van der Waals surface area contributed by atoms with Gasteiger partial charge in [0, 0.05) is 7.11 Å². The van der Waals surface area contributed by atoms with Crippen LogP contribution in [0, 0.1) is 0 Å². The molecule has 0 heterocycles. The highest BCUT2D eigenvalue weighted by Crippen LogP contribution is 2.25. The lowest BCUT2D eigenvalue weighted by Gasteiger charge is -2.23. The summed E-state index contributed by atoms with van der Waals surface area (Å²) in [6.07, 6.45) is 0. The second kappa shape index (κ2) is 11.0. The van der Waals surface area contributed by atoms with Gasteiger partial charge in [-0.15, -0.1) is 0 Å². The van der Waals surface area contributed by atoms with Gasteiger partial charge in [-0.1, -0.05) is 72.8 Å². The number of hydrogen-bond acceptors (Lipinski definition) is 4. The van der Waals surface area contributed by atoms with Crippen LogP contribution in [0.5, 0.6) is 5.75 Å². The third-order valence-corrected chi connectivity index (χ3v) is 4.75. The van der Waals surface area contributed by atoms with Crippen LogP contribution in [0.4, 0.5) is 5.69 Å². The van der Waals surface area contributed by atoms with Gasteiger partial charge in [-0.05, 0) is 30.2 Å². The second-order valence-electron chi connectivity index (χ2n) is 6.97. The molecule has 0 radical (unpaired) electrons. The van der Waals surface area contributed by atoms with Crippen molar-refractivity contribution in [3.63, 3.8) is 0 Å².